The second kappa shape index (κ2) is 4.42. The molecule has 0 radical (unpaired) electrons. The first kappa shape index (κ1) is 11.4. The smallest absolute Gasteiger partial charge is 0.320 e. The summed E-state index contributed by atoms with van der Waals surface area (Å²) in [6.45, 7) is 5.92. The molecule has 0 saturated carbocycles. The number of aliphatic carboxylic acids is 1. The number of carboxylic acid groups (broad SMARTS) is 1. The quantitative estimate of drug-likeness (QED) is 0.638. The van der Waals surface area contributed by atoms with Gasteiger partial charge < -0.3 is 15.2 Å². The Bertz CT molecular complexity index is 156. The average Bonchev–Trinajstić information content (AvgIpc) is 2.00. The molecular formula is C8H17NO3. The van der Waals surface area contributed by atoms with Gasteiger partial charge in [0.1, 0.15) is 6.04 Å². The summed E-state index contributed by atoms with van der Waals surface area (Å²) in [6.07, 6.45) is 0. The molecule has 12 heavy (non-hydrogen) atoms. The molecule has 0 bridgehead atoms. The van der Waals surface area contributed by atoms with Gasteiger partial charge in [0.25, 0.3) is 0 Å². The van der Waals surface area contributed by atoms with Gasteiger partial charge in [0.15, 0.2) is 0 Å². The van der Waals surface area contributed by atoms with Crippen LogP contribution in [0.1, 0.15) is 20.8 Å². The molecule has 0 aliphatic carbocycles. The van der Waals surface area contributed by atoms with Crippen LogP contribution in [-0.4, -0.2) is 36.4 Å². The Morgan fingerprint density at radius 1 is 1.67 bits per heavy atom. The molecule has 72 valence electrons. The highest BCUT2D eigenvalue weighted by atomic mass is 16.5. The Kier molecular flexibility index (Phi) is 4.20. The summed E-state index contributed by atoms with van der Waals surface area (Å²) in [5, 5.41) is 11.4. The lowest BCUT2D eigenvalue weighted by Gasteiger charge is -2.24. The van der Waals surface area contributed by atoms with Gasteiger partial charge in [-0.3, -0.25) is 4.79 Å². The van der Waals surface area contributed by atoms with E-state index >= 15 is 0 Å². The van der Waals surface area contributed by atoms with Gasteiger partial charge in [-0.15, -0.1) is 0 Å². The molecule has 0 heterocycles. The highest BCUT2D eigenvalue weighted by Crippen LogP contribution is 2.04. The lowest BCUT2D eigenvalue weighted by atomic mass is 10.1. The summed E-state index contributed by atoms with van der Waals surface area (Å²) < 4.78 is 5.11. The molecule has 0 aliphatic rings. The predicted octanol–water partition coefficient (Wildman–Crippen LogP) is 0.474. The molecule has 1 atom stereocenters. The first-order chi connectivity index (χ1) is 5.39. The summed E-state index contributed by atoms with van der Waals surface area (Å²) >= 11 is 0. The number of ether oxygens (including phenoxy) is 1. The third kappa shape index (κ3) is 4.31. The van der Waals surface area contributed by atoms with Crippen LogP contribution in [-0.2, 0) is 9.53 Å². The molecule has 2 N–H and O–H groups in total. The van der Waals surface area contributed by atoms with E-state index in [-0.39, 0.29) is 5.60 Å². The van der Waals surface area contributed by atoms with E-state index in [0.29, 0.717) is 6.54 Å². The van der Waals surface area contributed by atoms with Crippen molar-refractivity contribution in [2.75, 3.05) is 13.7 Å². The van der Waals surface area contributed by atoms with Gasteiger partial charge in [-0.1, -0.05) is 0 Å². The largest absolute Gasteiger partial charge is 0.480 e. The lowest BCUT2D eigenvalue weighted by Crippen LogP contribution is -2.43. The Hall–Kier alpha value is -0.610. The van der Waals surface area contributed by atoms with Crippen LogP contribution in [0.2, 0.25) is 0 Å². The van der Waals surface area contributed by atoms with Gasteiger partial charge in [0, 0.05) is 13.7 Å². The van der Waals surface area contributed by atoms with Crippen molar-refractivity contribution in [2.45, 2.75) is 32.4 Å². The van der Waals surface area contributed by atoms with Crippen molar-refractivity contribution in [1.82, 2.24) is 5.32 Å². The van der Waals surface area contributed by atoms with Gasteiger partial charge in [0.2, 0.25) is 0 Å². The van der Waals surface area contributed by atoms with Crippen LogP contribution in [0.4, 0.5) is 0 Å². The van der Waals surface area contributed by atoms with E-state index in [1.807, 2.05) is 13.8 Å². The molecule has 0 amide bonds. The van der Waals surface area contributed by atoms with Crippen LogP contribution in [0.15, 0.2) is 0 Å². The minimum Gasteiger partial charge on any atom is -0.480 e. The summed E-state index contributed by atoms with van der Waals surface area (Å²) in [5.41, 5.74) is -0.316. The Morgan fingerprint density at radius 2 is 2.17 bits per heavy atom. The SMILES string of the molecule is COC(C)(C)CNC(C)C(=O)O. The minimum absolute atomic E-state index is 0.316. The Balaban J connectivity index is 3.75. The fraction of sp³-hybridized carbons (Fsp3) is 0.875. The van der Waals surface area contributed by atoms with E-state index < -0.39 is 12.0 Å². The molecule has 4 nitrogen and oxygen atoms in total. The summed E-state index contributed by atoms with van der Waals surface area (Å²) in [6, 6.07) is -0.528. The highest BCUT2D eigenvalue weighted by Gasteiger charge is 2.19. The topological polar surface area (TPSA) is 58.6 Å². The van der Waals surface area contributed by atoms with E-state index in [2.05, 4.69) is 5.32 Å². The Morgan fingerprint density at radius 3 is 2.50 bits per heavy atom. The first-order valence-electron chi connectivity index (χ1n) is 3.90. The maximum atomic E-state index is 10.4. The summed E-state index contributed by atoms with van der Waals surface area (Å²) in [5.74, 6) is -0.845. The molecular weight excluding hydrogens is 158 g/mol. The zero-order valence-electron chi connectivity index (χ0n) is 8.05. The molecule has 0 fully saturated rings. The maximum absolute atomic E-state index is 10.4. The fourth-order valence-electron chi connectivity index (χ4n) is 0.558. The van der Waals surface area contributed by atoms with Crippen molar-refractivity contribution in [1.29, 1.82) is 0 Å². The second-order valence-corrected chi connectivity index (χ2v) is 3.40. The number of hydrogen-bond acceptors (Lipinski definition) is 3. The molecule has 0 rings (SSSR count). The van der Waals surface area contributed by atoms with E-state index in [1.54, 1.807) is 14.0 Å². The van der Waals surface area contributed by atoms with E-state index in [0.717, 1.165) is 0 Å². The number of nitrogens with one attached hydrogen (secondary N) is 1. The first-order valence-corrected chi connectivity index (χ1v) is 3.90. The van der Waals surface area contributed by atoms with Gasteiger partial charge >= 0.3 is 5.97 Å². The van der Waals surface area contributed by atoms with Crippen LogP contribution in [0.25, 0.3) is 0 Å². The molecule has 0 spiro atoms. The van der Waals surface area contributed by atoms with Crippen molar-refractivity contribution in [3.05, 3.63) is 0 Å². The van der Waals surface area contributed by atoms with Crippen LogP contribution in [0, 0.1) is 0 Å². The minimum atomic E-state index is -0.845. The monoisotopic (exact) mass is 175 g/mol. The number of hydrogen-bond donors (Lipinski definition) is 2. The van der Waals surface area contributed by atoms with E-state index in [1.165, 1.54) is 0 Å². The van der Waals surface area contributed by atoms with Crippen LogP contribution in [0.5, 0.6) is 0 Å². The molecule has 0 aromatic rings. The molecule has 0 aromatic heterocycles. The summed E-state index contributed by atoms with van der Waals surface area (Å²) in [7, 11) is 1.60. The molecule has 0 aliphatic heterocycles. The maximum Gasteiger partial charge on any atom is 0.320 e. The van der Waals surface area contributed by atoms with Crippen molar-refractivity contribution < 1.29 is 14.6 Å². The van der Waals surface area contributed by atoms with Gasteiger partial charge in [-0.2, -0.15) is 0 Å². The molecule has 0 saturated heterocycles. The number of carbonyl (C=O) groups is 1. The van der Waals surface area contributed by atoms with Gasteiger partial charge in [-0.05, 0) is 20.8 Å². The molecule has 0 aromatic carbocycles. The van der Waals surface area contributed by atoms with Crippen LogP contribution < -0.4 is 5.32 Å². The van der Waals surface area contributed by atoms with E-state index in [9.17, 15) is 4.79 Å². The van der Waals surface area contributed by atoms with Crippen molar-refractivity contribution in [3.8, 4) is 0 Å². The van der Waals surface area contributed by atoms with Crippen LogP contribution >= 0.6 is 0 Å². The second-order valence-electron chi connectivity index (χ2n) is 3.40. The summed E-state index contributed by atoms with van der Waals surface area (Å²) in [4.78, 5) is 10.4. The van der Waals surface area contributed by atoms with Crippen molar-refractivity contribution >= 4 is 5.97 Å². The highest BCUT2D eigenvalue weighted by molar-refractivity contribution is 5.72. The third-order valence-electron chi connectivity index (χ3n) is 1.76. The normalized spacial score (nSPS) is 14.3. The fourth-order valence-corrected chi connectivity index (χ4v) is 0.558. The number of rotatable bonds is 5. The standard InChI is InChI=1S/C8H17NO3/c1-6(7(10)11)9-5-8(2,3)12-4/h6,9H,5H2,1-4H3,(H,10,11). The zero-order chi connectivity index (χ0) is 9.78. The molecule has 1 unspecified atom stereocenters. The van der Waals surface area contributed by atoms with Crippen molar-refractivity contribution in [2.24, 2.45) is 0 Å². The number of carboxylic acids is 1. The van der Waals surface area contributed by atoms with E-state index in [4.69, 9.17) is 9.84 Å². The van der Waals surface area contributed by atoms with Gasteiger partial charge in [-0.25, -0.2) is 0 Å². The van der Waals surface area contributed by atoms with Gasteiger partial charge in [0.05, 0.1) is 5.60 Å². The lowest BCUT2D eigenvalue weighted by molar-refractivity contribution is -0.139. The van der Waals surface area contributed by atoms with Crippen LogP contribution in [0.3, 0.4) is 0 Å². The average molecular weight is 175 g/mol. The van der Waals surface area contributed by atoms with Crippen molar-refractivity contribution in [3.63, 3.8) is 0 Å². The predicted molar refractivity (Wildman–Crippen MR) is 46.2 cm³/mol. The molecule has 4 heteroatoms. The number of methoxy groups -OCH3 is 1. The Labute approximate surface area is 72.9 Å². The zero-order valence-corrected chi connectivity index (χ0v) is 8.05. The third-order valence-corrected chi connectivity index (χ3v) is 1.76.